The molecule has 0 saturated heterocycles. The van der Waals surface area contributed by atoms with Crippen LogP contribution in [0.3, 0.4) is 0 Å². The molecule has 0 radical (unpaired) electrons. The van der Waals surface area contributed by atoms with Crippen LogP contribution in [0.4, 0.5) is 5.00 Å². The van der Waals surface area contributed by atoms with Crippen molar-refractivity contribution in [3.63, 3.8) is 0 Å². The van der Waals surface area contributed by atoms with E-state index < -0.39 is 0 Å². The molecular formula is C23H18N2S2. The van der Waals surface area contributed by atoms with E-state index in [2.05, 4.69) is 42.5 Å². The van der Waals surface area contributed by atoms with Crippen molar-refractivity contribution < 1.29 is 0 Å². The average molecular weight is 387 g/mol. The normalized spacial score (nSPS) is 13.9. The number of aromatic nitrogens is 1. The topological polar surface area (TPSA) is 25.2 Å². The molecular weight excluding hydrogens is 368 g/mol. The molecule has 4 heteroatoms. The first-order chi connectivity index (χ1) is 13.4. The van der Waals surface area contributed by atoms with Crippen molar-refractivity contribution >= 4 is 50.2 Å². The lowest BCUT2D eigenvalue weighted by molar-refractivity contribution is 0.915. The Kier molecular flexibility index (Phi) is 4.44. The van der Waals surface area contributed by atoms with E-state index in [4.69, 9.17) is 9.98 Å². The summed E-state index contributed by atoms with van der Waals surface area (Å²) < 4.78 is 1.24. The van der Waals surface area contributed by atoms with Gasteiger partial charge in [0.25, 0.3) is 0 Å². The molecule has 2 nitrogen and oxygen atoms in total. The first-order valence-corrected chi connectivity index (χ1v) is 10.8. The quantitative estimate of drug-likeness (QED) is 0.349. The number of para-hydroxylation sites is 1. The largest absolute Gasteiger partial charge is 0.245 e. The van der Waals surface area contributed by atoms with Crippen LogP contribution in [-0.4, -0.2) is 11.2 Å². The van der Waals surface area contributed by atoms with Crippen LogP contribution >= 0.6 is 22.7 Å². The Morgan fingerprint density at radius 1 is 0.926 bits per heavy atom. The summed E-state index contributed by atoms with van der Waals surface area (Å²) in [5.41, 5.74) is 5.00. The second-order valence-electron chi connectivity index (χ2n) is 6.57. The Bertz CT molecular complexity index is 1120. The fourth-order valence-corrected chi connectivity index (χ4v) is 5.86. The van der Waals surface area contributed by atoms with Gasteiger partial charge in [-0.3, -0.25) is 0 Å². The van der Waals surface area contributed by atoms with E-state index in [0.29, 0.717) is 0 Å². The van der Waals surface area contributed by atoms with Gasteiger partial charge in [-0.1, -0.05) is 48.5 Å². The summed E-state index contributed by atoms with van der Waals surface area (Å²) >= 11 is 3.61. The second-order valence-corrected chi connectivity index (χ2v) is 8.69. The molecule has 2 aromatic heterocycles. The zero-order chi connectivity index (χ0) is 18.1. The molecule has 1 aliphatic rings. The van der Waals surface area contributed by atoms with E-state index in [1.807, 2.05) is 41.8 Å². The minimum Gasteiger partial charge on any atom is -0.245 e. The fraction of sp³-hybridized carbons (Fsp3) is 0.130. The number of aliphatic imine (C=N–C) groups is 1. The molecule has 0 spiro atoms. The number of hydrogen-bond acceptors (Lipinski definition) is 4. The molecule has 0 aliphatic heterocycles. The number of benzene rings is 2. The minimum atomic E-state index is 1.08. The van der Waals surface area contributed by atoms with Crippen molar-refractivity contribution in [2.45, 2.75) is 19.3 Å². The zero-order valence-electron chi connectivity index (χ0n) is 14.8. The second kappa shape index (κ2) is 7.22. The molecule has 4 aromatic rings. The number of thiophene rings is 1. The van der Waals surface area contributed by atoms with Crippen LogP contribution in [0.2, 0.25) is 0 Å². The van der Waals surface area contributed by atoms with Crippen LogP contribution < -0.4 is 0 Å². The van der Waals surface area contributed by atoms with Crippen molar-refractivity contribution in [1.29, 1.82) is 0 Å². The molecule has 1 aliphatic carbocycles. The first kappa shape index (κ1) is 16.6. The SMILES string of the molecule is C(/C=C/c1ccccc1)=Nc1sc2c(c1-c1nc3ccccc3s1)CCC2. The Morgan fingerprint density at radius 3 is 2.67 bits per heavy atom. The zero-order valence-corrected chi connectivity index (χ0v) is 16.4. The van der Waals surface area contributed by atoms with Crippen molar-refractivity contribution in [3.8, 4) is 10.6 Å². The maximum absolute atomic E-state index is 4.90. The molecule has 5 rings (SSSR count). The molecule has 0 bridgehead atoms. The minimum absolute atomic E-state index is 1.08. The first-order valence-electron chi connectivity index (χ1n) is 9.15. The molecule has 0 N–H and O–H groups in total. The number of thiazole rings is 1. The van der Waals surface area contributed by atoms with Gasteiger partial charge in [0.15, 0.2) is 0 Å². The highest BCUT2D eigenvalue weighted by Crippen LogP contribution is 2.48. The van der Waals surface area contributed by atoms with Gasteiger partial charge in [-0.15, -0.1) is 22.7 Å². The molecule has 0 unspecified atom stereocenters. The highest BCUT2D eigenvalue weighted by atomic mass is 32.1. The highest BCUT2D eigenvalue weighted by molar-refractivity contribution is 7.22. The van der Waals surface area contributed by atoms with E-state index in [1.165, 1.54) is 39.1 Å². The summed E-state index contributed by atoms with van der Waals surface area (Å²) in [6, 6.07) is 18.7. The number of hydrogen-bond donors (Lipinski definition) is 0. The third-order valence-corrected chi connectivity index (χ3v) is 7.03. The van der Waals surface area contributed by atoms with E-state index in [9.17, 15) is 0 Å². The van der Waals surface area contributed by atoms with Gasteiger partial charge in [0.2, 0.25) is 0 Å². The summed E-state index contributed by atoms with van der Waals surface area (Å²) in [5, 5.41) is 2.20. The van der Waals surface area contributed by atoms with Gasteiger partial charge >= 0.3 is 0 Å². The predicted octanol–water partition coefficient (Wildman–Crippen LogP) is 6.93. The molecule has 2 aromatic carbocycles. The van der Waals surface area contributed by atoms with Crippen LogP contribution in [0.15, 0.2) is 65.7 Å². The summed E-state index contributed by atoms with van der Waals surface area (Å²) in [6.45, 7) is 0. The van der Waals surface area contributed by atoms with Crippen molar-refractivity contribution in [2.24, 2.45) is 4.99 Å². The van der Waals surface area contributed by atoms with Crippen LogP contribution in [0.25, 0.3) is 26.9 Å². The number of fused-ring (bicyclic) bond motifs is 2. The van der Waals surface area contributed by atoms with Crippen molar-refractivity contribution in [1.82, 2.24) is 4.98 Å². The summed E-state index contributed by atoms with van der Waals surface area (Å²) in [5.74, 6) is 0. The number of nitrogens with zero attached hydrogens (tertiary/aromatic N) is 2. The third kappa shape index (κ3) is 3.27. The number of allylic oxidation sites excluding steroid dienone is 1. The van der Waals surface area contributed by atoms with Gasteiger partial charge in [0, 0.05) is 11.1 Å². The maximum atomic E-state index is 4.90. The number of aryl methyl sites for hydroxylation is 1. The van der Waals surface area contributed by atoms with Gasteiger partial charge in [-0.2, -0.15) is 0 Å². The van der Waals surface area contributed by atoms with Crippen molar-refractivity contribution in [3.05, 3.63) is 76.7 Å². The van der Waals surface area contributed by atoms with Crippen LogP contribution in [0.1, 0.15) is 22.4 Å². The standard InChI is InChI=1S/C23H18N2S2/c1-2-8-16(9-3-1)10-7-15-24-22-21(17-11-6-14-19(17)26-22)23-25-18-12-4-5-13-20(18)27-23/h1-5,7-10,12-13,15H,6,11,14H2/b10-7+,24-15?. The van der Waals surface area contributed by atoms with E-state index in [0.717, 1.165) is 21.9 Å². The Balaban J connectivity index is 1.51. The average Bonchev–Trinajstić information content (AvgIpc) is 3.39. The molecule has 132 valence electrons. The van der Waals surface area contributed by atoms with Gasteiger partial charge in [-0.05, 0) is 48.6 Å². The molecule has 0 saturated carbocycles. The third-order valence-electron chi connectivity index (χ3n) is 4.78. The Labute approximate surface area is 166 Å². The van der Waals surface area contributed by atoms with Gasteiger partial charge in [-0.25, -0.2) is 9.98 Å². The number of rotatable bonds is 4. The lowest BCUT2D eigenvalue weighted by atomic mass is 10.1. The Hall–Kier alpha value is -2.56. The van der Waals surface area contributed by atoms with E-state index >= 15 is 0 Å². The van der Waals surface area contributed by atoms with Crippen molar-refractivity contribution in [2.75, 3.05) is 0 Å². The lowest BCUT2D eigenvalue weighted by Gasteiger charge is -1.99. The highest BCUT2D eigenvalue weighted by Gasteiger charge is 2.24. The summed E-state index contributed by atoms with van der Waals surface area (Å²) in [7, 11) is 0. The Morgan fingerprint density at radius 2 is 1.78 bits per heavy atom. The van der Waals surface area contributed by atoms with E-state index in [1.54, 1.807) is 11.3 Å². The van der Waals surface area contributed by atoms with Crippen LogP contribution in [-0.2, 0) is 12.8 Å². The summed E-state index contributed by atoms with van der Waals surface area (Å²) in [6.07, 6.45) is 9.58. The molecule has 0 amide bonds. The maximum Gasteiger partial charge on any atom is 0.127 e. The smallest absolute Gasteiger partial charge is 0.127 e. The molecule has 2 heterocycles. The molecule has 0 fully saturated rings. The van der Waals surface area contributed by atoms with E-state index in [-0.39, 0.29) is 0 Å². The fourth-order valence-electron chi connectivity index (χ4n) is 3.51. The lowest BCUT2D eigenvalue weighted by Crippen LogP contribution is -1.81. The van der Waals surface area contributed by atoms with Gasteiger partial charge < -0.3 is 0 Å². The summed E-state index contributed by atoms with van der Waals surface area (Å²) in [4.78, 5) is 11.2. The predicted molar refractivity (Wildman–Crippen MR) is 119 cm³/mol. The van der Waals surface area contributed by atoms with Gasteiger partial charge in [0.1, 0.15) is 10.0 Å². The molecule has 0 atom stereocenters. The molecule has 27 heavy (non-hydrogen) atoms. The monoisotopic (exact) mass is 386 g/mol. The van der Waals surface area contributed by atoms with Crippen LogP contribution in [0, 0.1) is 0 Å². The van der Waals surface area contributed by atoms with Crippen LogP contribution in [0.5, 0.6) is 0 Å². The van der Waals surface area contributed by atoms with Gasteiger partial charge in [0.05, 0.1) is 15.8 Å².